The van der Waals surface area contributed by atoms with E-state index in [1.54, 1.807) is 25.1 Å². The van der Waals surface area contributed by atoms with E-state index in [2.05, 4.69) is 0 Å². The van der Waals surface area contributed by atoms with Crippen LogP contribution >= 0.6 is 23.2 Å². The Morgan fingerprint density at radius 3 is 2.46 bits per heavy atom. The maximum Gasteiger partial charge on any atom is 0.339 e. The van der Waals surface area contributed by atoms with Crippen molar-refractivity contribution in [3.05, 3.63) is 73.1 Å². The zero-order valence-corrected chi connectivity index (χ0v) is 16.0. The average Bonchev–Trinajstić information content (AvgIpc) is 2.59. The highest BCUT2D eigenvalue weighted by Gasteiger charge is 2.15. The molecule has 134 valence electrons. The molecular formula is C20H16Cl2O4. The molecule has 0 aliphatic carbocycles. The van der Waals surface area contributed by atoms with Crippen LogP contribution in [0.4, 0.5) is 0 Å². The molecule has 0 aliphatic rings. The summed E-state index contributed by atoms with van der Waals surface area (Å²) < 4.78 is 11.1. The van der Waals surface area contributed by atoms with Crippen LogP contribution in [0.2, 0.25) is 10.0 Å². The molecule has 0 unspecified atom stereocenters. The first-order valence-corrected chi connectivity index (χ1v) is 8.69. The summed E-state index contributed by atoms with van der Waals surface area (Å²) >= 11 is 11.8. The molecule has 0 aliphatic heterocycles. The molecule has 0 N–H and O–H groups in total. The van der Waals surface area contributed by atoms with Crippen molar-refractivity contribution in [1.29, 1.82) is 0 Å². The molecule has 0 bridgehead atoms. The van der Waals surface area contributed by atoms with Gasteiger partial charge in [-0.25, -0.2) is 4.79 Å². The Hall–Kier alpha value is -2.30. The van der Waals surface area contributed by atoms with Crippen molar-refractivity contribution in [2.24, 2.45) is 0 Å². The highest BCUT2D eigenvalue weighted by molar-refractivity contribution is 6.42. The number of rotatable bonds is 4. The normalized spacial score (nSPS) is 11.0. The standard InChI is InChI=1S/C20H16Cl2O4/c1-10-6-17(19-11(2)12(3)20(24)26-18(19)7-10)25-9-16(23)13-4-5-14(21)15(22)8-13/h4-8H,9H2,1-3H3. The smallest absolute Gasteiger partial charge is 0.339 e. The van der Waals surface area contributed by atoms with Crippen LogP contribution in [-0.4, -0.2) is 12.4 Å². The van der Waals surface area contributed by atoms with Gasteiger partial charge >= 0.3 is 5.63 Å². The summed E-state index contributed by atoms with van der Waals surface area (Å²) in [5.41, 5.74) is 2.63. The number of hydrogen-bond donors (Lipinski definition) is 0. The van der Waals surface area contributed by atoms with E-state index in [-0.39, 0.29) is 18.0 Å². The maximum atomic E-state index is 12.4. The van der Waals surface area contributed by atoms with E-state index in [0.29, 0.717) is 37.9 Å². The molecule has 6 heteroatoms. The minimum Gasteiger partial charge on any atom is -0.485 e. The Morgan fingerprint density at radius 1 is 1.04 bits per heavy atom. The van der Waals surface area contributed by atoms with Crippen LogP contribution in [0.3, 0.4) is 0 Å². The number of ketones is 1. The first kappa shape index (κ1) is 18.5. The summed E-state index contributed by atoms with van der Waals surface area (Å²) in [6.45, 7) is 5.22. The van der Waals surface area contributed by atoms with Gasteiger partial charge in [-0.3, -0.25) is 4.79 Å². The predicted octanol–water partition coefficient (Wildman–Crippen LogP) is 5.29. The number of carbonyl (C=O) groups is 1. The van der Waals surface area contributed by atoms with Gasteiger partial charge in [-0.05, 0) is 62.2 Å². The predicted molar refractivity (Wildman–Crippen MR) is 103 cm³/mol. The van der Waals surface area contributed by atoms with Gasteiger partial charge in [0, 0.05) is 11.1 Å². The van der Waals surface area contributed by atoms with Crippen LogP contribution in [-0.2, 0) is 0 Å². The molecule has 4 nitrogen and oxygen atoms in total. The van der Waals surface area contributed by atoms with Crippen molar-refractivity contribution < 1.29 is 13.9 Å². The van der Waals surface area contributed by atoms with Crippen molar-refractivity contribution in [1.82, 2.24) is 0 Å². The zero-order valence-electron chi connectivity index (χ0n) is 14.5. The van der Waals surface area contributed by atoms with Gasteiger partial charge in [0.2, 0.25) is 0 Å². The molecule has 1 heterocycles. The number of carbonyl (C=O) groups excluding carboxylic acids is 1. The Labute approximate surface area is 160 Å². The van der Waals surface area contributed by atoms with E-state index in [4.69, 9.17) is 32.4 Å². The minimum absolute atomic E-state index is 0.172. The number of fused-ring (bicyclic) bond motifs is 1. The van der Waals surface area contributed by atoms with Crippen molar-refractivity contribution >= 4 is 40.0 Å². The SMILES string of the molecule is Cc1cc(OCC(=O)c2ccc(Cl)c(Cl)c2)c2c(C)c(C)c(=O)oc2c1. The fraction of sp³-hybridized carbons (Fsp3) is 0.200. The van der Waals surface area contributed by atoms with Crippen LogP contribution < -0.4 is 10.4 Å². The second-order valence-electron chi connectivity index (χ2n) is 6.12. The van der Waals surface area contributed by atoms with E-state index in [9.17, 15) is 9.59 Å². The summed E-state index contributed by atoms with van der Waals surface area (Å²) in [6, 6.07) is 8.27. The quantitative estimate of drug-likeness (QED) is 0.448. The van der Waals surface area contributed by atoms with Gasteiger partial charge in [0.15, 0.2) is 12.4 Å². The third-order valence-electron chi connectivity index (χ3n) is 4.26. The molecule has 0 radical (unpaired) electrons. The van der Waals surface area contributed by atoms with Crippen LogP contribution in [0.15, 0.2) is 39.5 Å². The fourth-order valence-corrected chi connectivity index (χ4v) is 3.00. The van der Waals surface area contributed by atoms with Crippen LogP contribution in [0.1, 0.15) is 27.0 Å². The molecule has 3 aromatic rings. The molecule has 0 amide bonds. The average molecular weight is 391 g/mol. The third kappa shape index (κ3) is 3.48. The van der Waals surface area contributed by atoms with Crippen molar-refractivity contribution in [3.63, 3.8) is 0 Å². The summed E-state index contributed by atoms with van der Waals surface area (Å²) in [6.07, 6.45) is 0. The largest absolute Gasteiger partial charge is 0.485 e. The summed E-state index contributed by atoms with van der Waals surface area (Å²) in [5.74, 6) is 0.266. The number of Topliss-reactive ketones (excluding diaryl/α,β-unsaturated/α-hetero) is 1. The third-order valence-corrected chi connectivity index (χ3v) is 5.00. The summed E-state index contributed by atoms with van der Waals surface area (Å²) in [7, 11) is 0. The van der Waals surface area contributed by atoms with Gasteiger partial charge in [-0.1, -0.05) is 23.2 Å². The van der Waals surface area contributed by atoms with Crippen LogP contribution in [0.25, 0.3) is 11.0 Å². The monoisotopic (exact) mass is 390 g/mol. The topological polar surface area (TPSA) is 56.5 Å². The van der Waals surface area contributed by atoms with Crippen molar-refractivity contribution in [3.8, 4) is 5.75 Å². The molecular weight excluding hydrogens is 375 g/mol. The van der Waals surface area contributed by atoms with Gasteiger partial charge in [0.1, 0.15) is 11.3 Å². The van der Waals surface area contributed by atoms with E-state index in [1.165, 1.54) is 6.07 Å². The van der Waals surface area contributed by atoms with Gasteiger partial charge < -0.3 is 9.15 Å². The van der Waals surface area contributed by atoms with Crippen molar-refractivity contribution in [2.75, 3.05) is 6.61 Å². The van der Waals surface area contributed by atoms with Crippen LogP contribution in [0, 0.1) is 20.8 Å². The number of halogens is 2. The van der Waals surface area contributed by atoms with Crippen LogP contribution in [0.5, 0.6) is 5.75 Å². The number of hydrogen-bond acceptors (Lipinski definition) is 4. The molecule has 0 fully saturated rings. The summed E-state index contributed by atoms with van der Waals surface area (Å²) in [5, 5.41) is 1.39. The Morgan fingerprint density at radius 2 is 1.77 bits per heavy atom. The Kier molecular flexibility index (Phi) is 5.08. The first-order chi connectivity index (χ1) is 12.3. The van der Waals surface area contributed by atoms with E-state index < -0.39 is 0 Å². The lowest BCUT2D eigenvalue weighted by molar-refractivity contribution is 0.0922. The lowest BCUT2D eigenvalue weighted by Crippen LogP contribution is -2.13. The van der Waals surface area contributed by atoms with Gasteiger partial charge in [0.25, 0.3) is 0 Å². The molecule has 0 atom stereocenters. The number of benzene rings is 2. The molecule has 0 spiro atoms. The Bertz CT molecular complexity index is 1080. The van der Waals surface area contributed by atoms with Crippen molar-refractivity contribution in [2.45, 2.75) is 20.8 Å². The van der Waals surface area contributed by atoms with Gasteiger partial charge in [-0.15, -0.1) is 0 Å². The lowest BCUT2D eigenvalue weighted by atomic mass is 10.0. The summed E-state index contributed by atoms with van der Waals surface area (Å²) in [4.78, 5) is 24.3. The second-order valence-corrected chi connectivity index (χ2v) is 6.93. The highest BCUT2D eigenvalue weighted by atomic mass is 35.5. The number of ether oxygens (including phenoxy) is 1. The fourth-order valence-electron chi connectivity index (χ4n) is 2.70. The molecule has 26 heavy (non-hydrogen) atoms. The molecule has 0 saturated heterocycles. The van der Waals surface area contributed by atoms with Gasteiger partial charge in [-0.2, -0.15) is 0 Å². The highest BCUT2D eigenvalue weighted by Crippen LogP contribution is 2.31. The van der Waals surface area contributed by atoms with E-state index in [0.717, 1.165) is 11.1 Å². The van der Waals surface area contributed by atoms with E-state index in [1.807, 2.05) is 19.9 Å². The van der Waals surface area contributed by atoms with E-state index >= 15 is 0 Å². The lowest BCUT2D eigenvalue weighted by Gasteiger charge is -2.12. The molecule has 0 saturated carbocycles. The maximum absolute atomic E-state index is 12.4. The second kappa shape index (κ2) is 7.14. The molecule has 1 aromatic heterocycles. The number of aryl methyl sites for hydroxylation is 2. The zero-order chi connectivity index (χ0) is 19.0. The van der Waals surface area contributed by atoms with Gasteiger partial charge in [0.05, 0.1) is 15.4 Å². The molecule has 2 aromatic carbocycles. The molecule has 3 rings (SSSR count). The Balaban J connectivity index is 1.96. The minimum atomic E-state index is -0.376. The first-order valence-electron chi connectivity index (χ1n) is 7.93.